The highest BCUT2D eigenvalue weighted by Gasteiger charge is 2.22. The van der Waals surface area contributed by atoms with E-state index in [2.05, 4.69) is 6.58 Å². The van der Waals surface area contributed by atoms with Gasteiger partial charge in [0.1, 0.15) is 6.61 Å². The van der Waals surface area contributed by atoms with Crippen molar-refractivity contribution in [2.75, 3.05) is 0 Å². The molecule has 86 valence electrons. The van der Waals surface area contributed by atoms with Crippen molar-refractivity contribution in [2.24, 2.45) is 0 Å². The Morgan fingerprint density at radius 3 is 2.41 bits per heavy atom. The van der Waals surface area contributed by atoms with Crippen molar-refractivity contribution in [3.8, 4) is 5.75 Å². The molecule has 0 N–H and O–H groups in total. The average molecular weight is 228 g/mol. The van der Waals surface area contributed by atoms with Gasteiger partial charge in [-0.15, -0.1) is 0 Å². The van der Waals surface area contributed by atoms with Crippen LogP contribution in [0.1, 0.15) is 18.1 Å². The molecule has 3 heteroatoms. The van der Waals surface area contributed by atoms with Crippen LogP contribution in [0, 0.1) is 0 Å². The van der Waals surface area contributed by atoms with Crippen molar-refractivity contribution in [1.82, 2.24) is 0 Å². The lowest BCUT2D eigenvalue weighted by Crippen LogP contribution is -2.36. The third kappa shape index (κ3) is 2.04. The van der Waals surface area contributed by atoms with Gasteiger partial charge in [-0.25, -0.2) is 0 Å². The summed E-state index contributed by atoms with van der Waals surface area (Å²) in [5, 5.41) is 0. The zero-order valence-corrected chi connectivity index (χ0v) is 9.53. The number of allylic oxidation sites excluding steroid dienone is 1. The second-order valence-corrected chi connectivity index (χ2v) is 3.92. The molecule has 2 aromatic rings. The first kappa shape index (κ1) is 11.3. The minimum absolute atomic E-state index is 0.145. The fraction of sp³-hybridized carbons (Fsp3) is 0.143. The second-order valence-electron chi connectivity index (χ2n) is 3.92. The highest BCUT2D eigenvalue weighted by Crippen LogP contribution is 2.19. The van der Waals surface area contributed by atoms with E-state index in [0.29, 0.717) is 11.1 Å². The largest absolute Gasteiger partial charge is 0.484 e. The van der Waals surface area contributed by atoms with E-state index < -0.39 is 10.9 Å². The van der Waals surface area contributed by atoms with Crippen LogP contribution in [-0.4, -0.2) is 0 Å². The summed E-state index contributed by atoms with van der Waals surface area (Å²) in [6.45, 7) is 5.63. The Hall–Kier alpha value is -2.16. The summed E-state index contributed by atoms with van der Waals surface area (Å²) in [6, 6.07) is 9.47. The van der Waals surface area contributed by atoms with Crippen molar-refractivity contribution in [1.29, 1.82) is 0 Å². The molecule has 0 aromatic heterocycles. The summed E-state index contributed by atoms with van der Waals surface area (Å²) in [5.41, 5.74) is 0.788. The molecule has 0 aliphatic heterocycles. The molecule has 0 atom stereocenters. The molecule has 0 saturated heterocycles. The van der Waals surface area contributed by atoms with Crippen LogP contribution in [0.2, 0.25) is 0 Å². The Bertz CT molecular complexity index is 616. The molecule has 3 nitrogen and oxygen atoms in total. The lowest BCUT2D eigenvalue weighted by atomic mass is 10.0. The van der Waals surface area contributed by atoms with Gasteiger partial charge in [-0.3, -0.25) is 9.59 Å². The van der Waals surface area contributed by atoms with Gasteiger partial charge in [0.15, 0.2) is 5.75 Å². The smallest absolute Gasteiger partial charge is 0.268 e. The first-order valence-corrected chi connectivity index (χ1v) is 5.27. The number of hydrogen-bond acceptors (Lipinski definition) is 3. The molecule has 0 fully saturated rings. The van der Waals surface area contributed by atoms with Crippen molar-refractivity contribution >= 4 is 5.57 Å². The lowest BCUT2D eigenvalue weighted by Gasteiger charge is -2.12. The van der Waals surface area contributed by atoms with Gasteiger partial charge in [-0.1, -0.05) is 36.9 Å². The van der Waals surface area contributed by atoms with Gasteiger partial charge in [0.25, 0.3) is 5.43 Å². The molecule has 0 saturated carbocycles. The maximum atomic E-state index is 11.3. The van der Waals surface area contributed by atoms with E-state index in [4.69, 9.17) is 4.74 Å². The number of benzene rings is 1. The molecular weight excluding hydrogens is 216 g/mol. The van der Waals surface area contributed by atoms with Crippen molar-refractivity contribution < 1.29 is 4.74 Å². The molecular formula is C14H12O3. The summed E-state index contributed by atoms with van der Waals surface area (Å²) >= 11 is 0. The summed E-state index contributed by atoms with van der Waals surface area (Å²) < 4.78 is 5.37. The minimum Gasteiger partial charge on any atom is -0.484 e. The van der Waals surface area contributed by atoms with Gasteiger partial charge in [-0.2, -0.15) is 0 Å². The average Bonchev–Trinajstić information content (AvgIpc) is 2.33. The summed E-state index contributed by atoms with van der Waals surface area (Å²) in [7, 11) is 0. The first-order valence-electron chi connectivity index (χ1n) is 5.27. The van der Waals surface area contributed by atoms with Crippen LogP contribution >= 0.6 is 0 Å². The summed E-state index contributed by atoms with van der Waals surface area (Å²) in [6.07, 6.45) is 0. The van der Waals surface area contributed by atoms with E-state index in [0.717, 1.165) is 5.56 Å². The molecule has 0 bridgehead atoms. The summed E-state index contributed by atoms with van der Waals surface area (Å²) in [5.74, 6) is 0.145. The highest BCUT2D eigenvalue weighted by atomic mass is 16.5. The predicted molar refractivity (Wildman–Crippen MR) is 66.8 cm³/mol. The van der Waals surface area contributed by atoms with Crippen molar-refractivity contribution in [2.45, 2.75) is 13.5 Å². The van der Waals surface area contributed by atoms with E-state index in [-0.39, 0.29) is 12.4 Å². The molecule has 2 rings (SSSR count). The fourth-order valence-electron chi connectivity index (χ4n) is 1.63. The minimum atomic E-state index is -0.557. The van der Waals surface area contributed by atoms with Crippen LogP contribution in [0.3, 0.4) is 0 Å². The SMILES string of the molecule is C=C(C)c1c(OCc2ccccc2)c(=O)c1=O. The van der Waals surface area contributed by atoms with E-state index in [9.17, 15) is 9.59 Å². The summed E-state index contributed by atoms with van der Waals surface area (Å²) in [4.78, 5) is 22.6. The molecule has 17 heavy (non-hydrogen) atoms. The molecule has 0 unspecified atom stereocenters. The van der Waals surface area contributed by atoms with Gasteiger partial charge in [0.2, 0.25) is 5.43 Å². The second kappa shape index (κ2) is 4.37. The van der Waals surface area contributed by atoms with E-state index in [1.807, 2.05) is 30.3 Å². The third-order valence-corrected chi connectivity index (χ3v) is 2.52. The Balaban J connectivity index is 2.16. The topological polar surface area (TPSA) is 43.4 Å². The van der Waals surface area contributed by atoms with Crippen LogP contribution < -0.4 is 15.6 Å². The van der Waals surface area contributed by atoms with Crippen LogP contribution in [0.15, 0.2) is 46.5 Å². The first-order chi connectivity index (χ1) is 8.11. The van der Waals surface area contributed by atoms with Crippen molar-refractivity contribution in [3.63, 3.8) is 0 Å². The Labute approximate surface area is 98.7 Å². The Kier molecular flexibility index (Phi) is 2.91. The quantitative estimate of drug-likeness (QED) is 0.750. The van der Waals surface area contributed by atoms with Crippen LogP contribution in [0.5, 0.6) is 5.75 Å². The van der Waals surface area contributed by atoms with E-state index in [1.54, 1.807) is 6.92 Å². The van der Waals surface area contributed by atoms with Gasteiger partial charge >= 0.3 is 0 Å². The standard InChI is InChI=1S/C14H12O3/c1-9(2)11-12(15)13(16)14(11)17-8-10-6-4-3-5-7-10/h3-7H,1,8H2,2H3. The predicted octanol–water partition coefficient (Wildman–Crippen LogP) is 1.89. The molecule has 0 heterocycles. The number of rotatable bonds is 4. The van der Waals surface area contributed by atoms with Gasteiger partial charge in [0, 0.05) is 0 Å². The maximum Gasteiger partial charge on any atom is 0.268 e. The Morgan fingerprint density at radius 2 is 1.82 bits per heavy atom. The van der Waals surface area contributed by atoms with E-state index >= 15 is 0 Å². The molecule has 0 aliphatic rings. The molecule has 2 aromatic carbocycles. The fourth-order valence-corrected chi connectivity index (χ4v) is 1.63. The van der Waals surface area contributed by atoms with Crippen LogP contribution in [0.4, 0.5) is 0 Å². The molecule has 0 spiro atoms. The van der Waals surface area contributed by atoms with Gasteiger partial charge < -0.3 is 4.74 Å². The monoisotopic (exact) mass is 228 g/mol. The normalized spacial score (nSPS) is 10.4. The Morgan fingerprint density at radius 1 is 1.18 bits per heavy atom. The zero-order chi connectivity index (χ0) is 12.4. The molecule has 0 amide bonds. The van der Waals surface area contributed by atoms with Crippen LogP contribution in [0.25, 0.3) is 5.57 Å². The number of hydrogen-bond donors (Lipinski definition) is 0. The molecule has 0 radical (unpaired) electrons. The van der Waals surface area contributed by atoms with Gasteiger partial charge in [0.05, 0.1) is 5.56 Å². The highest BCUT2D eigenvalue weighted by molar-refractivity contribution is 5.70. The maximum absolute atomic E-state index is 11.3. The molecule has 0 aliphatic carbocycles. The number of ether oxygens (including phenoxy) is 1. The third-order valence-electron chi connectivity index (χ3n) is 2.52. The van der Waals surface area contributed by atoms with Crippen LogP contribution in [-0.2, 0) is 6.61 Å². The van der Waals surface area contributed by atoms with Gasteiger partial charge in [-0.05, 0) is 18.1 Å². The lowest BCUT2D eigenvalue weighted by molar-refractivity contribution is 0.298. The van der Waals surface area contributed by atoms with E-state index in [1.165, 1.54) is 0 Å². The van der Waals surface area contributed by atoms with Crippen molar-refractivity contribution in [3.05, 3.63) is 68.5 Å². The zero-order valence-electron chi connectivity index (χ0n) is 9.53.